The number of amides is 2. The van der Waals surface area contributed by atoms with Crippen molar-refractivity contribution in [3.05, 3.63) is 0 Å². The van der Waals surface area contributed by atoms with Crippen LogP contribution in [0.2, 0.25) is 0 Å². The lowest BCUT2D eigenvalue weighted by atomic mass is 9.75. The van der Waals surface area contributed by atoms with E-state index in [0.29, 0.717) is 19.6 Å². The number of alkyl halides is 2. The fourth-order valence-corrected chi connectivity index (χ4v) is 3.76. The molecule has 0 radical (unpaired) electrons. The van der Waals surface area contributed by atoms with Crippen molar-refractivity contribution < 1.29 is 18.4 Å². The topological polar surface area (TPSA) is 40.6 Å². The number of hydrogen-bond acceptors (Lipinski definition) is 2. The molecule has 0 aromatic heterocycles. The highest BCUT2D eigenvalue weighted by atomic mass is 19.3. The molecule has 21 heavy (non-hydrogen) atoms. The number of carbonyl (C=O) groups is 2. The first kappa shape index (κ1) is 14.7. The Morgan fingerprint density at radius 2 is 1.67 bits per heavy atom. The molecular weight excluding hydrogens is 278 g/mol. The molecule has 0 bridgehead atoms. The third-order valence-corrected chi connectivity index (χ3v) is 5.05. The summed E-state index contributed by atoms with van der Waals surface area (Å²) in [5.41, 5.74) is 0.0203. The minimum absolute atomic E-state index is 0.00447. The number of carbonyl (C=O) groups excluding carboxylic acids is 2. The lowest BCUT2D eigenvalue weighted by Crippen LogP contribution is -2.62. The highest BCUT2D eigenvalue weighted by molar-refractivity contribution is 5.81. The summed E-state index contributed by atoms with van der Waals surface area (Å²) in [5.74, 6) is -3.10. The van der Waals surface area contributed by atoms with Gasteiger partial charge in [0, 0.05) is 56.3 Å². The molecule has 2 saturated heterocycles. The van der Waals surface area contributed by atoms with E-state index in [1.807, 2.05) is 18.7 Å². The number of hydrogen-bond donors (Lipinski definition) is 0. The predicted molar refractivity (Wildman–Crippen MR) is 72.7 cm³/mol. The van der Waals surface area contributed by atoms with E-state index in [1.54, 1.807) is 4.90 Å². The van der Waals surface area contributed by atoms with Gasteiger partial charge >= 0.3 is 0 Å². The van der Waals surface area contributed by atoms with Crippen molar-refractivity contribution in [2.45, 2.75) is 39.0 Å². The van der Waals surface area contributed by atoms with Gasteiger partial charge in [-0.1, -0.05) is 13.8 Å². The molecule has 3 rings (SSSR count). The quantitative estimate of drug-likeness (QED) is 0.779. The Morgan fingerprint density at radius 3 is 2.19 bits per heavy atom. The van der Waals surface area contributed by atoms with Gasteiger partial charge in [0.25, 0.3) is 0 Å². The highest BCUT2D eigenvalue weighted by Gasteiger charge is 2.55. The van der Waals surface area contributed by atoms with Gasteiger partial charge in [0.15, 0.2) is 0 Å². The molecule has 4 nitrogen and oxygen atoms in total. The normalized spacial score (nSPS) is 26.9. The van der Waals surface area contributed by atoms with Crippen molar-refractivity contribution >= 4 is 11.8 Å². The smallest absolute Gasteiger partial charge is 0.249 e. The molecule has 1 aliphatic carbocycles. The van der Waals surface area contributed by atoms with Gasteiger partial charge in [0.05, 0.1) is 0 Å². The van der Waals surface area contributed by atoms with Crippen LogP contribution in [0.25, 0.3) is 0 Å². The summed E-state index contributed by atoms with van der Waals surface area (Å²) >= 11 is 0. The molecule has 0 aromatic carbocycles. The SMILES string of the molecule is CC(C)C(=O)N1CCC2(C1)CN(C(=O)C1CC(F)(F)C1)C2. The Morgan fingerprint density at radius 1 is 1.10 bits per heavy atom. The predicted octanol–water partition coefficient (Wildman–Crippen LogP) is 1.75. The molecule has 6 heteroatoms. The number of likely N-dealkylation sites (tertiary alicyclic amines) is 2. The van der Waals surface area contributed by atoms with E-state index in [2.05, 4.69) is 0 Å². The molecule has 1 saturated carbocycles. The fourth-order valence-electron chi connectivity index (χ4n) is 3.76. The number of rotatable bonds is 2. The summed E-state index contributed by atoms with van der Waals surface area (Å²) in [5, 5.41) is 0. The largest absolute Gasteiger partial charge is 0.342 e. The summed E-state index contributed by atoms with van der Waals surface area (Å²) in [6, 6.07) is 0. The van der Waals surface area contributed by atoms with Crippen LogP contribution in [-0.4, -0.2) is 53.7 Å². The molecule has 3 aliphatic rings. The lowest BCUT2D eigenvalue weighted by molar-refractivity contribution is -0.169. The molecule has 118 valence electrons. The summed E-state index contributed by atoms with van der Waals surface area (Å²) in [6.45, 7) is 6.47. The Balaban J connectivity index is 1.50. The first-order valence-electron chi connectivity index (χ1n) is 7.67. The monoisotopic (exact) mass is 300 g/mol. The first-order valence-corrected chi connectivity index (χ1v) is 7.67. The van der Waals surface area contributed by atoms with Crippen LogP contribution in [0.4, 0.5) is 8.78 Å². The Kier molecular flexibility index (Phi) is 3.26. The zero-order chi connectivity index (χ0) is 15.4. The minimum Gasteiger partial charge on any atom is -0.342 e. The molecule has 0 aromatic rings. The van der Waals surface area contributed by atoms with Gasteiger partial charge in [-0.25, -0.2) is 8.78 Å². The van der Waals surface area contributed by atoms with Crippen molar-refractivity contribution in [3.63, 3.8) is 0 Å². The molecule has 1 spiro atoms. The van der Waals surface area contributed by atoms with Crippen molar-refractivity contribution in [1.29, 1.82) is 0 Å². The van der Waals surface area contributed by atoms with Gasteiger partial charge < -0.3 is 9.80 Å². The van der Waals surface area contributed by atoms with Crippen molar-refractivity contribution in [3.8, 4) is 0 Å². The van der Waals surface area contributed by atoms with Crippen molar-refractivity contribution in [2.24, 2.45) is 17.3 Å². The zero-order valence-corrected chi connectivity index (χ0v) is 12.6. The van der Waals surface area contributed by atoms with Gasteiger partial charge in [0.1, 0.15) is 0 Å². The van der Waals surface area contributed by atoms with Crippen molar-refractivity contribution in [2.75, 3.05) is 26.2 Å². The van der Waals surface area contributed by atoms with Crippen LogP contribution in [0.3, 0.4) is 0 Å². The second-order valence-corrected chi connectivity index (χ2v) is 7.32. The summed E-state index contributed by atoms with van der Waals surface area (Å²) in [7, 11) is 0. The van der Waals surface area contributed by atoms with E-state index < -0.39 is 11.8 Å². The highest BCUT2D eigenvalue weighted by Crippen LogP contribution is 2.46. The van der Waals surface area contributed by atoms with Crippen LogP contribution in [0, 0.1) is 17.3 Å². The molecule has 0 N–H and O–H groups in total. The van der Waals surface area contributed by atoms with Crippen LogP contribution in [0.15, 0.2) is 0 Å². The van der Waals surface area contributed by atoms with Crippen LogP contribution in [-0.2, 0) is 9.59 Å². The van der Waals surface area contributed by atoms with E-state index in [-0.39, 0.29) is 36.0 Å². The van der Waals surface area contributed by atoms with E-state index in [4.69, 9.17) is 0 Å². The van der Waals surface area contributed by atoms with E-state index >= 15 is 0 Å². The van der Waals surface area contributed by atoms with E-state index in [9.17, 15) is 18.4 Å². The maximum Gasteiger partial charge on any atom is 0.249 e. The Bertz CT molecular complexity index is 464. The summed E-state index contributed by atoms with van der Waals surface area (Å²) < 4.78 is 25.7. The van der Waals surface area contributed by atoms with Gasteiger partial charge in [-0.3, -0.25) is 9.59 Å². The maximum atomic E-state index is 12.8. The zero-order valence-electron chi connectivity index (χ0n) is 12.6. The van der Waals surface area contributed by atoms with Gasteiger partial charge in [-0.05, 0) is 6.42 Å². The third kappa shape index (κ3) is 2.53. The number of halogens is 2. The first-order chi connectivity index (χ1) is 9.71. The van der Waals surface area contributed by atoms with Crippen molar-refractivity contribution in [1.82, 2.24) is 9.80 Å². The second kappa shape index (κ2) is 4.65. The van der Waals surface area contributed by atoms with Crippen LogP contribution >= 0.6 is 0 Å². The Hall–Kier alpha value is -1.20. The molecule has 0 atom stereocenters. The van der Waals surface area contributed by atoms with Crippen LogP contribution in [0.5, 0.6) is 0 Å². The van der Waals surface area contributed by atoms with E-state index in [1.165, 1.54) is 0 Å². The van der Waals surface area contributed by atoms with Gasteiger partial charge in [-0.15, -0.1) is 0 Å². The summed E-state index contributed by atoms with van der Waals surface area (Å²) in [6.07, 6.45) is 0.316. The summed E-state index contributed by atoms with van der Waals surface area (Å²) in [4.78, 5) is 27.6. The average Bonchev–Trinajstić information content (AvgIpc) is 2.77. The number of nitrogens with zero attached hydrogens (tertiary/aromatic N) is 2. The molecular formula is C15H22F2N2O2. The third-order valence-electron chi connectivity index (χ3n) is 5.05. The second-order valence-electron chi connectivity index (χ2n) is 7.32. The molecule has 0 unspecified atom stereocenters. The van der Waals surface area contributed by atoms with E-state index in [0.717, 1.165) is 13.0 Å². The van der Waals surface area contributed by atoms with Gasteiger partial charge in [-0.2, -0.15) is 0 Å². The standard InChI is InChI=1S/C15H22F2N2O2/c1-10(2)12(20)18-4-3-14(7-18)8-19(9-14)13(21)11-5-15(16,17)6-11/h10-11H,3-9H2,1-2H3. The fraction of sp³-hybridized carbons (Fsp3) is 0.867. The molecule has 2 heterocycles. The molecule has 2 aliphatic heterocycles. The minimum atomic E-state index is -2.64. The van der Waals surface area contributed by atoms with Gasteiger partial charge in [0.2, 0.25) is 17.7 Å². The average molecular weight is 300 g/mol. The molecule has 2 amide bonds. The lowest BCUT2D eigenvalue weighted by Gasteiger charge is -2.50. The van der Waals surface area contributed by atoms with Crippen LogP contribution < -0.4 is 0 Å². The Labute approximate surface area is 123 Å². The maximum absolute atomic E-state index is 12.8. The van der Waals surface area contributed by atoms with Crippen LogP contribution in [0.1, 0.15) is 33.1 Å². The molecule has 3 fully saturated rings.